The lowest BCUT2D eigenvalue weighted by molar-refractivity contribution is 0.0985. The zero-order chi connectivity index (χ0) is 23.6. The number of rotatable bonds is 5. The van der Waals surface area contributed by atoms with Gasteiger partial charge in [0.05, 0.1) is 13.7 Å². The van der Waals surface area contributed by atoms with Gasteiger partial charge in [-0.25, -0.2) is 0 Å². The van der Waals surface area contributed by atoms with E-state index in [-0.39, 0.29) is 23.4 Å². The molecule has 3 aromatic carbocycles. The first kappa shape index (κ1) is 22.3. The van der Waals surface area contributed by atoms with Crippen molar-refractivity contribution in [3.8, 4) is 5.75 Å². The smallest absolute Gasteiger partial charge is 0.258 e. The molecule has 0 unspecified atom stereocenters. The first-order valence-electron chi connectivity index (χ1n) is 10.9. The Bertz CT molecular complexity index is 1350. The number of fused-ring (bicyclic) bond motifs is 1. The lowest BCUT2D eigenvalue weighted by Gasteiger charge is -2.24. The summed E-state index contributed by atoms with van der Waals surface area (Å²) in [6, 6.07) is 24.4. The second-order valence-corrected chi connectivity index (χ2v) is 9.13. The number of amides is 1. The Morgan fingerprint density at radius 2 is 1.67 bits per heavy atom. The fraction of sp³-hybridized carbons (Fsp3) is 0.214. The Kier molecular flexibility index (Phi) is 6.05. The second kappa shape index (κ2) is 8.94. The molecule has 0 bridgehead atoms. The minimum absolute atomic E-state index is 0.00749. The van der Waals surface area contributed by atoms with E-state index < -0.39 is 0 Å². The van der Waals surface area contributed by atoms with Gasteiger partial charge in [0.1, 0.15) is 5.75 Å². The number of nitrogens with zero attached hydrogens (tertiary/aromatic N) is 1. The van der Waals surface area contributed by atoms with Gasteiger partial charge in [0.2, 0.25) is 0 Å². The van der Waals surface area contributed by atoms with E-state index in [4.69, 9.17) is 4.74 Å². The number of carbonyl (C=O) groups is 1. The van der Waals surface area contributed by atoms with Crippen LogP contribution in [0.1, 0.15) is 42.3 Å². The van der Waals surface area contributed by atoms with Gasteiger partial charge in [0.15, 0.2) is 0 Å². The van der Waals surface area contributed by atoms with Crippen LogP contribution < -0.4 is 15.2 Å². The Morgan fingerprint density at radius 1 is 0.939 bits per heavy atom. The van der Waals surface area contributed by atoms with Crippen LogP contribution in [-0.4, -0.2) is 18.0 Å². The third kappa shape index (κ3) is 4.82. The van der Waals surface area contributed by atoms with E-state index in [9.17, 15) is 9.59 Å². The van der Waals surface area contributed by atoms with Crippen molar-refractivity contribution in [3.05, 3.63) is 106 Å². The predicted octanol–water partition coefficient (Wildman–Crippen LogP) is 5.68. The SMILES string of the molecule is COc1cccc(N(Cc2cc3ccccc3[nH]c2=O)C(=O)c2ccc(C(C)(C)C)cc2)c1. The van der Waals surface area contributed by atoms with Crippen LogP contribution in [0.15, 0.2) is 83.7 Å². The third-order valence-corrected chi connectivity index (χ3v) is 5.77. The number of ether oxygens (including phenoxy) is 1. The predicted molar refractivity (Wildman–Crippen MR) is 133 cm³/mol. The zero-order valence-corrected chi connectivity index (χ0v) is 19.4. The highest BCUT2D eigenvalue weighted by Crippen LogP contribution is 2.26. The normalized spacial score (nSPS) is 11.4. The monoisotopic (exact) mass is 440 g/mol. The average molecular weight is 441 g/mol. The molecule has 168 valence electrons. The Labute approximate surface area is 193 Å². The highest BCUT2D eigenvalue weighted by molar-refractivity contribution is 6.06. The van der Waals surface area contributed by atoms with E-state index in [1.165, 1.54) is 0 Å². The molecule has 0 radical (unpaired) electrons. The molecule has 1 aromatic heterocycles. The van der Waals surface area contributed by atoms with Crippen molar-refractivity contribution >= 4 is 22.5 Å². The molecule has 1 N–H and O–H groups in total. The van der Waals surface area contributed by atoms with Crippen molar-refractivity contribution in [1.29, 1.82) is 0 Å². The molecule has 0 atom stereocenters. The highest BCUT2D eigenvalue weighted by Gasteiger charge is 2.21. The molecule has 0 aliphatic carbocycles. The molecule has 0 aliphatic rings. The van der Waals surface area contributed by atoms with Crippen molar-refractivity contribution in [2.75, 3.05) is 12.0 Å². The number of hydrogen-bond acceptors (Lipinski definition) is 3. The van der Waals surface area contributed by atoms with Gasteiger partial charge in [-0.15, -0.1) is 0 Å². The molecule has 4 aromatic rings. The molecule has 0 saturated heterocycles. The van der Waals surface area contributed by atoms with E-state index in [1.807, 2.05) is 72.8 Å². The van der Waals surface area contributed by atoms with Crippen LogP contribution in [0.3, 0.4) is 0 Å². The number of pyridine rings is 1. The summed E-state index contributed by atoms with van der Waals surface area (Å²) in [5.41, 5.74) is 3.43. The van der Waals surface area contributed by atoms with Crippen LogP contribution in [0.5, 0.6) is 5.75 Å². The number of methoxy groups -OCH3 is 1. The van der Waals surface area contributed by atoms with Crippen LogP contribution in [0, 0.1) is 0 Å². The maximum absolute atomic E-state index is 13.7. The summed E-state index contributed by atoms with van der Waals surface area (Å²) in [6.45, 7) is 6.54. The summed E-state index contributed by atoms with van der Waals surface area (Å²) in [6.07, 6.45) is 0. The average Bonchev–Trinajstić information content (AvgIpc) is 2.82. The van der Waals surface area contributed by atoms with E-state index in [2.05, 4.69) is 25.8 Å². The molecule has 0 saturated carbocycles. The molecule has 5 heteroatoms. The van der Waals surface area contributed by atoms with E-state index >= 15 is 0 Å². The van der Waals surface area contributed by atoms with Gasteiger partial charge in [-0.1, -0.05) is 57.2 Å². The maximum atomic E-state index is 13.7. The lowest BCUT2D eigenvalue weighted by Crippen LogP contribution is -2.33. The molecule has 33 heavy (non-hydrogen) atoms. The number of benzene rings is 3. The molecule has 1 heterocycles. The number of aromatic nitrogens is 1. The van der Waals surface area contributed by atoms with Crippen molar-refractivity contribution < 1.29 is 9.53 Å². The van der Waals surface area contributed by atoms with E-state index in [0.717, 1.165) is 16.5 Å². The fourth-order valence-corrected chi connectivity index (χ4v) is 3.81. The van der Waals surface area contributed by atoms with Gasteiger partial charge in [-0.3, -0.25) is 9.59 Å². The van der Waals surface area contributed by atoms with Crippen LogP contribution in [0.2, 0.25) is 0 Å². The van der Waals surface area contributed by atoms with E-state index in [0.29, 0.717) is 22.6 Å². The maximum Gasteiger partial charge on any atom is 0.258 e. The Balaban J connectivity index is 1.76. The molecule has 0 fully saturated rings. The second-order valence-electron chi connectivity index (χ2n) is 9.13. The summed E-state index contributed by atoms with van der Waals surface area (Å²) in [5.74, 6) is 0.456. The van der Waals surface area contributed by atoms with Crippen molar-refractivity contribution in [1.82, 2.24) is 4.98 Å². The molecular weight excluding hydrogens is 412 g/mol. The Hall–Kier alpha value is -3.86. The van der Waals surface area contributed by atoms with Gasteiger partial charge in [0, 0.05) is 28.4 Å². The van der Waals surface area contributed by atoms with Crippen molar-refractivity contribution in [2.24, 2.45) is 0 Å². The van der Waals surface area contributed by atoms with Gasteiger partial charge >= 0.3 is 0 Å². The molecule has 0 aliphatic heterocycles. The first-order valence-corrected chi connectivity index (χ1v) is 10.9. The summed E-state index contributed by atoms with van der Waals surface area (Å²) < 4.78 is 5.37. The molecule has 5 nitrogen and oxygen atoms in total. The number of para-hydroxylation sites is 1. The number of H-pyrrole nitrogens is 1. The topological polar surface area (TPSA) is 62.4 Å². The molecule has 0 spiro atoms. The number of aromatic amines is 1. The summed E-state index contributed by atoms with van der Waals surface area (Å²) >= 11 is 0. The summed E-state index contributed by atoms with van der Waals surface area (Å²) in [4.78, 5) is 31.0. The van der Waals surface area contributed by atoms with Gasteiger partial charge in [-0.2, -0.15) is 0 Å². The number of anilines is 1. The number of hydrogen-bond donors (Lipinski definition) is 1. The van der Waals surface area contributed by atoms with Crippen LogP contribution in [0.25, 0.3) is 10.9 Å². The largest absolute Gasteiger partial charge is 0.497 e. The zero-order valence-electron chi connectivity index (χ0n) is 19.4. The van der Waals surface area contributed by atoms with Crippen molar-refractivity contribution in [3.63, 3.8) is 0 Å². The first-order chi connectivity index (χ1) is 15.8. The third-order valence-electron chi connectivity index (χ3n) is 5.77. The summed E-state index contributed by atoms with van der Waals surface area (Å²) in [7, 11) is 1.59. The van der Waals surface area contributed by atoms with Gasteiger partial charge in [0.25, 0.3) is 11.5 Å². The highest BCUT2D eigenvalue weighted by atomic mass is 16.5. The fourth-order valence-electron chi connectivity index (χ4n) is 3.81. The summed E-state index contributed by atoms with van der Waals surface area (Å²) in [5, 5.41) is 0.916. The quantitative estimate of drug-likeness (QED) is 0.434. The van der Waals surface area contributed by atoms with Crippen LogP contribution in [0.4, 0.5) is 5.69 Å². The van der Waals surface area contributed by atoms with E-state index in [1.54, 1.807) is 18.1 Å². The standard InChI is InChI=1S/C28H28N2O3/c1-28(2,3)22-14-12-19(13-15-22)27(32)30(23-9-7-10-24(17-23)33-4)18-21-16-20-8-5-6-11-25(20)29-26(21)31/h5-17H,18H2,1-4H3,(H,29,31). The van der Waals surface area contributed by atoms with Gasteiger partial charge < -0.3 is 14.6 Å². The number of carbonyl (C=O) groups excluding carboxylic acids is 1. The van der Waals surface area contributed by atoms with Crippen LogP contribution >= 0.6 is 0 Å². The number of nitrogens with one attached hydrogen (secondary N) is 1. The molecule has 4 rings (SSSR count). The van der Waals surface area contributed by atoms with Crippen LogP contribution in [-0.2, 0) is 12.0 Å². The molecular formula is C28H28N2O3. The molecule has 1 amide bonds. The Morgan fingerprint density at radius 3 is 2.36 bits per heavy atom. The minimum Gasteiger partial charge on any atom is -0.497 e. The van der Waals surface area contributed by atoms with Crippen molar-refractivity contribution in [2.45, 2.75) is 32.7 Å². The lowest BCUT2D eigenvalue weighted by atomic mass is 9.86. The minimum atomic E-state index is -0.211. The van der Waals surface area contributed by atoms with Gasteiger partial charge in [-0.05, 0) is 52.8 Å².